The van der Waals surface area contributed by atoms with Crippen LogP contribution >= 0.6 is 0 Å². The number of esters is 1. The Morgan fingerprint density at radius 3 is 2.79 bits per heavy atom. The van der Waals surface area contributed by atoms with Crippen molar-refractivity contribution in [2.45, 2.75) is 39.0 Å². The first-order valence-corrected chi connectivity index (χ1v) is 7.12. The molecule has 5 heteroatoms. The lowest BCUT2D eigenvalue weighted by atomic mass is 10.1. The van der Waals surface area contributed by atoms with Crippen LogP contribution in [0.5, 0.6) is 0 Å². The van der Waals surface area contributed by atoms with E-state index < -0.39 is 0 Å². The summed E-state index contributed by atoms with van der Waals surface area (Å²) in [6.07, 6.45) is 4.61. The van der Waals surface area contributed by atoms with Gasteiger partial charge >= 0.3 is 5.97 Å². The van der Waals surface area contributed by atoms with Gasteiger partial charge in [0.1, 0.15) is 0 Å². The second-order valence-electron chi connectivity index (χ2n) is 4.96. The third-order valence-electron chi connectivity index (χ3n) is 3.36. The molecular weight excluding hydrogens is 246 g/mol. The molecule has 1 aliphatic rings. The van der Waals surface area contributed by atoms with Crippen LogP contribution in [-0.4, -0.2) is 50.2 Å². The summed E-state index contributed by atoms with van der Waals surface area (Å²) in [5.41, 5.74) is 0. The minimum atomic E-state index is -0.296. The Morgan fingerprint density at radius 2 is 2.11 bits per heavy atom. The van der Waals surface area contributed by atoms with Crippen molar-refractivity contribution in [3.63, 3.8) is 0 Å². The van der Waals surface area contributed by atoms with Crippen LogP contribution < -0.4 is 0 Å². The largest absolute Gasteiger partial charge is 0.465 e. The predicted octanol–water partition coefficient (Wildman–Crippen LogP) is 1.60. The number of unbranched alkanes of at least 4 members (excludes halogenated alkanes) is 3. The lowest BCUT2D eigenvalue weighted by molar-refractivity contribution is -0.148. The van der Waals surface area contributed by atoms with Gasteiger partial charge in [-0.15, -0.1) is 0 Å². The number of methoxy groups -OCH3 is 1. The summed E-state index contributed by atoms with van der Waals surface area (Å²) in [4.78, 5) is 25.2. The van der Waals surface area contributed by atoms with Crippen LogP contribution in [0.25, 0.3) is 0 Å². The van der Waals surface area contributed by atoms with Crippen molar-refractivity contribution in [1.82, 2.24) is 4.90 Å². The summed E-state index contributed by atoms with van der Waals surface area (Å²) < 4.78 is 10.2. The molecule has 0 aromatic rings. The number of carbonyl (C=O) groups excluding carboxylic acids is 2. The molecule has 0 bridgehead atoms. The van der Waals surface area contributed by atoms with E-state index in [1.807, 2.05) is 0 Å². The molecule has 1 heterocycles. The Morgan fingerprint density at radius 1 is 1.32 bits per heavy atom. The number of likely N-dealkylation sites (tertiary alicyclic amines) is 1. The molecule has 0 N–H and O–H groups in total. The highest BCUT2D eigenvalue weighted by Gasteiger charge is 2.34. The van der Waals surface area contributed by atoms with Crippen molar-refractivity contribution >= 4 is 11.9 Å². The fraction of sp³-hybridized carbons (Fsp3) is 0.857. The number of rotatable bonds is 9. The molecule has 1 unspecified atom stereocenters. The van der Waals surface area contributed by atoms with Crippen LogP contribution in [0.2, 0.25) is 0 Å². The second-order valence-corrected chi connectivity index (χ2v) is 4.96. The van der Waals surface area contributed by atoms with Gasteiger partial charge in [0.05, 0.1) is 19.1 Å². The highest BCUT2D eigenvalue weighted by atomic mass is 16.5. The molecule has 19 heavy (non-hydrogen) atoms. The van der Waals surface area contributed by atoms with Crippen molar-refractivity contribution < 1.29 is 19.1 Å². The zero-order chi connectivity index (χ0) is 14.1. The molecule has 1 rings (SSSR count). The Kier molecular flexibility index (Phi) is 7.48. The van der Waals surface area contributed by atoms with E-state index in [2.05, 4.69) is 6.92 Å². The van der Waals surface area contributed by atoms with Gasteiger partial charge in [0.15, 0.2) is 0 Å². The van der Waals surface area contributed by atoms with E-state index in [0.29, 0.717) is 26.3 Å². The summed E-state index contributed by atoms with van der Waals surface area (Å²) in [6, 6.07) is 0. The number of ether oxygens (including phenoxy) is 2. The van der Waals surface area contributed by atoms with Crippen LogP contribution in [0.3, 0.4) is 0 Å². The third-order valence-corrected chi connectivity index (χ3v) is 3.36. The van der Waals surface area contributed by atoms with Gasteiger partial charge < -0.3 is 14.4 Å². The van der Waals surface area contributed by atoms with E-state index in [1.165, 1.54) is 12.8 Å². The zero-order valence-corrected chi connectivity index (χ0v) is 12.0. The fourth-order valence-electron chi connectivity index (χ4n) is 2.17. The van der Waals surface area contributed by atoms with E-state index in [4.69, 9.17) is 9.47 Å². The molecule has 1 amide bonds. The average Bonchev–Trinajstić information content (AvgIpc) is 2.77. The van der Waals surface area contributed by atoms with Gasteiger partial charge in [-0.3, -0.25) is 9.59 Å². The standard InChI is InChI=1S/C14H25NO4/c1-3-4-5-6-8-19-14(17)12-10-13(16)15(11-12)7-9-18-2/h12H,3-11H2,1-2H3. The van der Waals surface area contributed by atoms with Crippen LogP contribution in [-0.2, 0) is 19.1 Å². The zero-order valence-electron chi connectivity index (χ0n) is 12.0. The van der Waals surface area contributed by atoms with Gasteiger partial charge in [-0.2, -0.15) is 0 Å². The predicted molar refractivity (Wildman–Crippen MR) is 71.7 cm³/mol. The normalized spacial score (nSPS) is 18.9. The Labute approximate surface area is 115 Å². The lowest BCUT2D eigenvalue weighted by Crippen LogP contribution is -2.30. The van der Waals surface area contributed by atoms with Crippen LogP contribution in [0, 0.1) is 5.92 Å². The van der Waals surface area contributed by atoms with Crippen molar-refractivity contribution in [2.75, 3.05) is 33.4 Å². The first-order chi connectivity index (χ1) is 9.19. The Bertz CT molecular complexity index is 293. The highest BCUT2D eigenvalue weighted by molar-refractivity contribution is 5.86. The third kappa shape index (κ3) is 5.59. The first-order valence-electron chi connectivity index (χ1n) is 7.12. The molecule has 1 saturated heterocycles. The molecule has 0 aliphatic carbocycles. The van der Waals surface area contributed by atoms with Crippen molar-refractivity contribution in [3.05, 3.63) is 0 Å². The number of amides is 1. The molecule has 0 radical (unpaired) electrons. The molecule has 0 aromatic carbocycles. The van der Waals surface area contributed by atoms with Gasteiger partial charge in [-0.25, -0.2) is 0 Å². The average molecular weight is 271 g/mol. The van der Waals surface area contributed by atoms with E-state index in [0.717, 1.165) is 12.8 Å². The molecule has 0 spiro atoms. The summed E-state index contributed by atoms with van der Waals surface area (Å²) in [6.45, 7) is 4.14. The van der Waals surface area contributed by atoms with Gasteiger partial charge in [-0.1, -0.05) is 26.2 Å². The molecule has 5 nitrogen and oxygen atoms in total. The van der Waals surface area contributed by atoms with E-state index in [9.17, 15) is 9.59 Å². The van der Waals surface area contributed by atoms with E-state index in [-0.39, 0.29) is 24.2 Å². The van der Waals surface area contributed by atoms with Crippen LogP contribution in [0.15, 0.2) is 0 Å². The molecule has 1 atom stereocenters. The monoisotopic (exact) mass is 271 g/mol. The minimum Gasteiger partial charge on any atom is -0.465 e. The number of hydrogen-bond donors (Lipinski definition) is 0. The quantitative estimate of drug-likeness (QED) is 0.472. The molecular formula is C14H25NO4. The maximum atomic E-state index is 11.8. The highest BCUT2D eigenvalue weighted by Crippen LogP contribution is 2.19. The SMILES string of the molecule is CCCCCCOC(=O)C1CC(=O)N(CCOC)C1. The molecule has 0 saturated carbocycles. The van der Waals surface area contributed by atoms with Crippen molar-refractivity contribution in [3.8, 4) is 0 Å². The Balaban J connectivity index is 2.21. The molecule has 1 aliphatic heterocycles. The second kappa shape index (κ2) is 8.91. The molecule has 110 valence electrons. The number of hydrogen-bond acceptors (Lipinski definition) is 4. The summed E-state index contributed by atoms with van der Waals surface area (Å²) >= 11 is 0. The van der Waals surface area contributed by atoms with E-state index >= 15 is 0 Å². The summed E-state index contributed by atoms with van der Waals surface area (Å²) in [7, 11) is 1.60. The fourth-order valence-corrected chi connectivity index (χ4v) is 2.17. The van der Waals surface area contributed by atoms with E-state index in [1.54, 1.807) is 12.0 Å². The maximum Gasteiger partial charge on any atom is 0.311 e. The van der Waals surface area contributed by atoms with Gasteiger partial charge in [0, 0.05) is 26.6 Å². The van der Waals surface area contributed by atoms with Crippen LogP contribution in [0.4, 0.5) is 0 Å². The molecule has 0 aromatic heterocycles. The van der Waals surface area contributed by atoms with Gasteiger partial charge in [0.25, 0.3) is 0 Å². The summed E-state index contributed by atoms with van der Waals surface area (Å²) in [5.74, 6) is -0.509. The van der Waals surface area contributed by atoms with Gasteiger partial charge in [0.2, 0.25) is 5.91 Å². The number of nitrogens with zero attached hydrogens (tertiary/aromatic N) is 1. The van der Waals surface area contributed by atoms with Crippen LogP contribution in [0.1, 0.15) is 39.0 Å². The first kappa shape index (κ1) is 16.0. The molecule has 1 fully saturated rings. The smallest absolute Gasteiger partial charge is 0.311 e. The maximum absolute atomic E-state index is 11.8. The topological polar surface area (TPSA) is 55.8 Å². The Hall–Kier alpha value is -1.10. The van der Waals surface area contributed by atoms with Crippen molar-refractivity contribution in [1.29, 1.82) is 0 Å². The van der Waals surface area contributed by atoms with Crippen molar-refractivity contribution in [2.24, 2.45) is 5.92 Å². The minimum absolute atomic E-state index is 0.0185. The summed E-state index contributed by atoms with van der Waals surface area (Å²) in [5, 5.41) is 0. The number of carbonyl (C=O) groups is 2. The lowest BCUT2D eigenvalue weighted by Gasteiger charge is -2.15. The van der Waals surface area contributed by atoms with Gasteiger partial charge in [-0.05, 0) is 6.42 Å².